The highest BCUT2D eigenvalue weighted by Crippen LogP contribution is 2.39. The third kappa shape index (κ3) is 3.48. The SMILES string of the molecule is COC(=O)[C@@]1([C@H](C(=O)c2ccccc2)c2ccccc2)NC(=S)NC(=O)[C@@H]1C#N. The minimum absolute atomic E-state index is 0.159. The molecule has 3 atom stereocenters. The number of ketones is 1. The van der Waals surface area contributed by atoms with Crippen LogP contribution in [-0.4, -0.2) is 35.4 Å². The molecule has 0 aliphatic carbocycles. The van der Waals surface area contributed by atoms with E-state index in [0.717, 1.165) is 7.11 Å². The van der Waals surface area contributed by atoms with E-state index < -0.39 is 35.0 Å². The minimum atomic E-state index is -2.03. The largest absolute Gasteiger partial charge is 0.467 e. The molecule has 1 aliphatic rings. The number of carbonyl (C=O) groups is 3. The first-order valence-electron chi connectivity index (χ1n) is 8.71. The topological polar surface area (TPSA) is 108 Å². The Labute approximate surface area is 172 Å². The average Bonchev–Trinajstić information content (AvgIpc) is 2.74. The van der Waals surface area contributed by atoms with Gasteiger partial charge in [0.1, 0.15) is 0 Å². The third-order valence-electron chi connectivity index (χ3n) is 4.84. The Morgan fingerprint density at radius 2 is 1.72 bits per heavy atom. The van der Waals surface area contributed by atoms with Crippen molar-refractivity contribution in [2.75, 3.05) is 7.11 Å². The van der Waals surface area contributed by atoms with E-state index >= 15 is 0 Å². The lowest BCUT2D eigenvalue weighted by Gasteiger charge is -2.43. The van der Waals surface area contributed by atoms with Gasteiger partial charge in [0.15, 0.2) is 22.4 Å². The molecule has 1 saturated heterocycles. The maximum Gasteiger partial charge on any atom is 0.334 e. The summed E-state index contributed by atoms with van der Waals surface area (Å²) in [7, 11) is 1.13. The maximum atomic E-state index is 13.6. The molecule has 1 heterocycles. The van der Waals surface area contributed by atoms with Crippen LogP contribution >= 0.6 is 12.2 Å². The second-order valence-electron chi connectivity index (χ2n) is 6.44. The first-order chi connectivity index (χ1) is 14.0. The number of nitrogens with one attached hydrogen (secondary N) is 2. The van der Waals surface area contributed by atoms with Crippen molar-refractivity contribution in [3.8, 4) is 6.07 Å². The second-order valence-corrected chi connectivity index (χ2v) is 6.85. The number of hydrogen-bond acceptors (Lipinski definition) is 6. The van der Waals surface area contributed by atoms with Crippen molar-refractivity contribution in [2.24, 2.45) is 5.92 Å². The zero-order chi connectivity index (χ0) is 21.0. The Hall–Kier alpha value is -3.57. The van der Waals surface area contributed by atoms with Crippen LogP contribution in [0.4, 0.5) is 0 Å². The Morgan fingerprint density at radius 3 is 2.28 bits per heavy atom. The van der Waals surface area contributed by atoms with Crippen LogP contribution in [0.2, 0.25) is 0 Å². The summed E-state index contributed by atoms with van der Waals surface area (Å²) in [6, 6.07) is 18.7. The van der Waals surface area contributed by atoms with Gasteiger partial charge in [0.05, 0.1) is 19.1 Å². The number of amides is 1. The number of ether oxygens (including phenoxy) is 1. The maximum absolute atomic E-state index is 13.6. The first kappa shape index (κ1) is 20.2. The molecule has 2 N–H and O–H groups in total. The van der Waals surface area contributed by atoms with E-state index in [-0.39, 0.29) is 5.11 Å². The van der Waals surface area contributed by atoms with E-state index in [4.69, 9.17) is 17.0 Å². The number of nitrogens with zero attached hydrogens (tertiary/aromatic N) is 1. The Balaban J connectivity index is 2.31. The smallest absolute Gasteiger partial charge is 0.334 e. The van der Waals surface area contributed by atoms with Crippen LogP contribution in [-0.2, 0) is 14.3 Å². The fourth-order valence-electron chi connectivity index (χ4n) is 3.57. The van der Waals surface area contributed by atoms with E-state index in [1.54, 1.807) is 60.7 Å². The van der Waals surface area contributed by atoms with Crippen molar-refractivity contribution in [2.45, 2.75) is 11.5 Å². The minimum Gasteiger partial charge on any atom is -0.467 e. The van der Waals surface area contributed by atoms with Crippen molar-refractivity contribution in [3.05, 3.63) is 71.8 Å². The van der Waals surface area contributed by atoms with Gasteiger partial charge in [-0.1, -0.05) is 60.7 Å². The zero-order valence-electron chi connectivity index (χ0n) is 15.4. The highest BCUT2D eigenvalue weighted by Gasteiger charge is 2.61. The molecule has 0 radical (unpaired) electrons. The molecular formula is C21H17N3O4S. The fraction of sp³-hybridized carbons (Fsp3) is 0.190. The van der Waals surface area contributed by atoms with Crippen molar-refractivity contribution < 1.29 is 19.1 Å². The first-order valence-corrected chi connectivity index (χ1v) is 9.11. The Morgan fingerprint density at radius 1 is 1.14 bits per heavy atom. The predicted octanol–water partition coefficient (Wildman–Crippen LogP) is 1.71. The number of Topliss-reactive ketones (excluding diaryl/α,β-unsaturated/α-hetero) is 1. The van der Waals surface area contributed by atoms with Crippen molar-refractivity contribution in [3.63, 3.8) is 0 Å². The lowest BCUT2D eigenvalue weighted by Crippen LogP contribution is -2.73. The standard InChI is InChI=1S/C21H17N3O4S/c1-28-19(27)21(15(12-22)18(26)23-20(29)24-21)16(13-8-4-2-5-9-13)17(25)14-10-6-3-7-11-14/h2-11,15-16H,1H3,(H2,23,24,26,29)/t15-,16-,21+/m0/s1. The van der Waals surface area contributed by atoms with Crippen LogP contribution in [0, 0.1) is 17.2 Å². The monoisotopic (exact) mass is 407 g/mol. The van der Waals surface area contributed by atoms with Gasteiger partial charge >= 0.3 is 5.97 Å². The van der Waals surface area contributed by atoms with Crippen LogP contribution in [0.5, 0.6) is 0 Å². The molecule has 2 aromatic rings. The molecular weight excluding hydrogens is 390 g/mol. The molecule has 146 valence electrons. The van der Waals surface area contributed by atoms with E-state index in [1.807, 2.05) is 6.07 Å². The molecule has 1 aliphatic heterocycles. The lowest BCUT2D eigenvalue weighted by molar-refractivity contribution is -0.153. The Bertz CT molecular complexity index is 1000. The highest BCUT2D eigenvalue weighted by molar-refractivity contribution is 7.80. The summed E-state index contributed by atoms with van der Waals surface area (Å²) in [5.74, 6) is -4.96. The van der Waals surface area contributed by atoms with Gasteiger partial charge < -0.3 is 15.4 Å². The van der Waals surface area contributed by atoms with Crippen LogP contribution in [0.25, 0.3) is 0 Å². The molecule has 1 amide bonds. The van der Waals surface area contributed by atoms with E-state index in [1.165, 1.54) is 0 Å². The molecule has 0 aromatic heterocycles. The van der Waals surface area contributed by atoms with E-state index in [2.05, 4.69) is 10.6 Å². The molecule has 3 rings (SSSR count). The van der Waals surface area contributed by atoms with Gasteiger partial charge in [0, 0.05) is 5.56 Å². The van der Waals surface area contributed by atoms with Crippen molar-refractivity contribution in [1.29, 1.82) is 5.26 Å². The highest BCUT2D eigenvalue weighted by atomic mass is 32.1. The molecule has 2 aromatic carbocycles. The summed E-state index contributed by atoms with van der Waals surface area (Å²) in [5, 5.41) is 14.7. The molecule has 29 heavy (non-hydrogen) atoms. The number of carbonyl (C=O) groups excluding carboxylic acids is 3. The number of methoxy groups -OCH3 is 1. The van der Waals surface area contributed by atoms with Crippen LogP contribution < -0.4 is 10.6 Å². The van der Waals surface area contributed by atoms with Crippen LogP contribution in [0.1, 0.15) is 21.8 Å². The predicted molar refractivity (Wildman–Crippen MR) is 108 cm³/mol. The van der Waals surface area contributed by atoms with E-state index in [0.29, 0.717) is 11.1 Å². The summed E-state index contributed by atoms with van der Waals surface area (Å²) in [6.07, 6.45) is 0. The van der Waals surface area contributed by atoms with Crippen LogP contribution in [0.15, 0.2) is 60.7 Å². The number of hydrogen-bond donors (Lipinski definition) is 2. The van der Waals surface area contributed by atoms with Gasteiger partial charge in [-0.05, 0) is 17.8 Å². The quantitative estimate of drug-likeness (QED) is 0.441. The summed E-state index contributed by atoms with van der Waals surface area (Å²) in [6.45, 7) is 0. The van der Waals surface area contributed by atoms with Crippen molar-refractivity contribution in [1.82, 2.24) is 10.6 Å². The molecule has 0 saturated carbocycles. The number of nitriles is 1. The summed E-state index contributed by atoms with van der Waals surface area (Å²) < 4.78 is 4.97. The molecule has 0 spiro atoms. The zero-order valence-corrected chi connectivity index (χ0v) is 16.2. The molecule has 1 fully saturated rings. The molecule has 7 nitrogen and oxygen atoms in total. The number of benzene rings is 2. The summed E-state index contributed by atoms with van der Waals surface area (Å²) in [5.41, 5.74) is -1.27. The number of rotatable bonds is 5. The number of thiocarbonyl (C=S) groups is 1. The Kier molecular flexibility index (Phi) is 5.71. The van der Waals surface area contributed by atoms with Gasteiger partial charge in [0.25, 0.3) is 0 Å². The molecule has 0 unspecified atom stereocenters. The van der Waals surface area contributed by atoms with Gasteiger partial charge in [-0.2, -0.15) is 5.26 Å². The summed E-state index contributed by atoms with van der Waals surface area (Å²) in [4.78, 5) is 39.3. The second kappa shape index (κ2) is 8.20. The van der Waals surface area contributed by atoms with Gasteiger partial charge in [0.2, 0.25) is 5.91 Å². The van der Waals surface area contributed by atoms with E-state index in [9.17, 15) is 19.6 Å². The lowest BCUT2D eigenvalue weighted by atomic mass is 9.67. The fourth-order valence-corrected chi connectivity index (χ4v) is 3.84. The van der Waals surface area contributed by atoms with Gasteiger partial charge in [-0.15, -0.1) is 0 Å². The van der Waals surface area contributed by atoms with Gasteiger partial charge in [-0.3, -0.25) is 9.59 Å². The van der Waals surface area contributed by atoms with Crippen molar-refractivity contribution >= 4 is 35.0 Å². The van der Waals surface area contributed by atoms with Gasteiger partial charge in [-0.25, -0.2) is 4.79 Å². The number of esters is 1. The third-order valence-corrected chi connectivity index (χ3v) is 5.04. The van der Waals surface area contributed by atoms with Crippen LogP contribution in [0.3, 0.4) is 0 Å². The normalized spacial score (nSPS) is 21.9. The average molecular weight is 407 g/mol. The summed E-state index contributed by atoms with van der Waals surface area (Å²) >= 11 is 5.10. The molecule has 0 bridgehead atoms. The molecule has 8 heteroatoms.